The van der Waals surface area contributed by atoms with Crippen LogP contribution in [-0.4, -0.2) is 35.7 Å². The van der Waals surface area contributed by atoms with Gasteiger partial charge in [0.2, 0.25) is 17.7 Å². The Bertz CT molecular complexity index is 727. The Kier molecular flexibility index (Phi) is 6.70. The van der Waals surface area contributed by atoms with Gasteiger partial charge in [-0.05, 0) is 49.3 Å². The maximum absolute atomic E-state index is 12.6. The van der Waals surface area contributed by atoms with Crippen molar-refractivity contribution in [1.82, 2.24) is 10.2 Å². The maximum atomic E-state index is 12.6. The Morgan fingerprint density at radius 3 is 2.64 bits per heavy atom. The molecule has 1 unspecified atom stereocenters. The van der Waals surface area contributed by atoms with E-state index >= 15 is 0 Å². The Hall–Kier alpha value is -2.37. The van der Waals surface area contributed by atoms with Crippen molar-refractivity contribution in [2.24, 2.45) is 17.8 Å². The van der Waals surface area contributed by atoms with Crippen LogP contribution >= 0.6 is 0 Å². The third kappa shape index (κ3) is 5.81. The molecule has 1 aromatic rings. The molecule has 152 valence electrons. The SMILES string of the molecule is CC(C)CC(=O)Nc1cccc(CNC(=O)C2CCCN(C(=O)C3CC3)C2)c1. The lowest BCUT2D eigenvalue weighted by Crippen LogP contribution is -2.45. The zero-order valence-electron chi connectivity index (χ0n) is 16.9. The molecule has 0 bridgehead atoms. The molecule has 1 aromatic carbocycles. The average molecular weight is 386 g/mol. The molecule has 6 heteroatoms. The van der Waals surface area contributed by atoms with Crippen molar-refractivity contribution in [3.8, 4) is 0 Å². The van der Waals surface area contributed by atoms with Gasteiger partial charge in [-0.2, -0.15) is 0 Å². The molecule has 1 aliphatic carbocycles. The monoisotopic (exact) mass is 385 g/mol. The van der Waals surface area contributed by atoms with Gasteiger partial charge < -0.3 is 15.5 Å². The van der Waals surface area contributed by atoms with E-state index in [9.17, 15) is 14.4 Å². The zero-order valence-corrected chi connectivity index (χ0v) is 16.9. The van der Waals surface area contributed by atoms with E-state index in [1.165, 1.54) is 0 Å². The molecule has 1 saturated carbocycles. The fourth-order valence-electron chi connectivity index (χ4n) is 3.66. The third-order valence-electron chi connectivity index (χ3n) is 5.30. The number of likely N-dealkylation sites (tertiary alicyclic amines) is 1. The summed E-state index contributed by atoms with van der Waals surface area (Å²) in [4.78, 5) is 38.7. The van der Waals surface area contributed by atoms with Gasteiger partial charge in [-0.25, -0.2) is 0 Å². The van der Waals surface area contributed by atoms with Crippen molar-refractivity contribution in [1.29, 1.82) is 0 Å². The first-order chi connectivity index (χ1) is 13.4. The molecule has 1 heterocycles. The second kappa shape index (κ2) is 9.22. The molecule has 1 atom stereocenters. The summed E-state index contributed by atoms with van der Waals surface area (Å²) >= 11 is 0. The van der Waals surface area contributed by atoms with Crippen LogP contribution in [0.4, 0.5) is 5.69 Å². The van der Waals surface area contributed by atoms with Gasteiger partial charge in [0.15, 0.2) is 0 Å². The molecule has 0 spiro atoms. The van der Waals surface area contributed by atoms with Crippen molar-refractivity contribution < 1.29 is 14.4 Å². The number of rotatable bonds is 7. The number of hydrogen-bond donors (Lipinski definition) is 2. The molecule has 6 nitrogen and oxygen atoms in total. The Morgan fingerprint density at radius 1 is 1.14 bits per heavy atom. The summed E-state index contributed by atoms with van der Waals surface area (Å²) in [5.41, 5.74) is 1.69. The van der Waals surface area contributed by atoms with Crippen molar-refractivity contribution in [3.63, 3.8) is 0 Å². The van der Waals surface area contributed by atoms with Gasteiger partial charge in [-0.1, -0.05) is 26.0 Å². The van der Waals surface area contributed by atoms with Crippen LogP contribution in [0.3, 0.4) is 0 Å². The van der Waals surface area contributed by atoms with E-state index in [1.54, 1.807) is 0 Å². The van der Waals surface area contributed by atoms with E-state index < -0.39 is 0 Å². The second-order valence-corrected chi connectivity index (χ2v) is 8.46. The summed E-state index contributed by atoms with van der Waals surface area (Å²) in [7, 11) is 0. The largest absolute Gasteiger partial charge is 0.352 e. The highest BCUT2D eigenvalue weighted by atomic mass is 16.2. The van der Waals surface area contributed by atoms with E-state index in [0.717, 1.165) is 43.5 Å². The number of anilines is 1. The smallest absolute Gasteiger partial charge is 0.225 e. The molecule has 0 aromatic heterocycles. The molecule has 2 aliphatic rings. The summed E-state index contributed by atoms with van der Waals surface area (Å²) in [6.07, 6.45) is 4.19. The highest BCUT2D eigenvalue weighted by Gasteiger charge is 2.36. The van der Waals surface area contributed by atoms with Crippen LogP contribution in [0.2, 0.25) is 0 Å². The summed E-state index contributed by atoms with van der Waals surface area (Å²) in [6, 6.07) is 7.56. The minimum atomic E-state index is -0.134. The molecule has 1 saturated heterocycles. The van der Waals surface area contributed by atoms with E-state index in [0.29, 0.717) is 25.4 Å². The number of carbonyl (C=O) groups is 3. The van der Waals surface area contributed by atoms with Gasteiger partial charge >= 0.3 is 0 Å². The van der Waals surface area contributed by atoms with E-state index in [4.69, 9.17) is 0 Å². The highest BCUT2D eigenvalue weighted by Crippen LogP contribution is 2.32. The molecule has 3 rings (SSSR count). The van der Waals surface area contributed by atoms with Gasteiger partial charge in [0.1, 0.15) is 0 Å². The lowest BCUT2D eigenvalue weighted by Gasteiger charge is -2.32. The normalized spacial score (nSPS) is 19.4. The number of nitrogens with one attached hydrogen (secondary N) is 2. The topological polar surface area (TPSA) is 78.5 Å². The van der Waals surface area contributed by atoms with Crippen LogP contribution in [0, 0.1) is 17.8 Å². The Morgan fingerprint density at radius 2 is 1.93 bits per heavy atom. The van der Waals surface area contributed by atoms with Crippen LogP contribution in [0.15, 0.2) is 24.3 Å². The van der Waals surface area contributed by atoms with Gasteiger partial charge in [0, 0.05) is 37.7 Å². The van der Waals surface area contributed by atoms with Crippen molar-refractivity contribution in [2.45, 2.75) is 52.5 Å². The van der Waals surface area contributed by atoms with Crippen molar-refractivity contribution in [2.75, 3.05) is 18.4 Å². The van der Waals surface area contributed by atoms with Crippen molar-refractivity contribution in [3.05, 3.63) is 29.8 Å². The maximum Gasteiger partial charge on any atom is 0.225 e. The van der Waals surface area contributed by atoms with Gasteiger partial charge in [-0.15, -0.1) is 0 Å². The fourth-order valence-corrected chi connectivity index (χ4v) is 3.66. The molecule has 0 radical (unpaired) electrons. The van der Waals surface area contributed by atoms with Crippen LogP contribution < -0.4 is 10.6 Å². The number of amides is 3. The first-order valence-corrected chi connectivity index (χ1v) is 10.4. The minimum absolute atomic E-state index is 0.00110. The van der Waals surface area contributed by atoms with Crippen LogP contribution in [0.5, 0.6) is 0 Å². The Balaban J connectivity index is 1.49. The molecular formula is C22H31N3O3. The van der Waals surface area contributed by atoms with Gasteiger partial charge in [0.25, 0.3) is 0 Å². The first-order valence-electron chi connectivity index (χ1n) is 10.4. The van der Waals surface area contributed by atoms with E-state index in [2.05, 4.69) is 10.6 Å². The zero-order chi connectivity index (χ0) is 20.1. The molecule has 1 aliphatic heterocycles. The Labute approximate surface area is 167 Å². The van der Waals surface area contributed by atoms with E-state index in [1.807, 2.05) is 43.0 Å². The number of benzene rings is 1. The molecule has 2 N–H and O–H groups in total. The number of nitrogens with zero attached hydrogens (tertiary/aromatic N) is 1. The van der Waals surface area contributed by atoms with Gasteiger partial charge in [-0.3, -0.25) is 14.4 Å². The fraction of sp³-hybridized carbons (Fsp3) is 0.591. The van der Waals surface area contributed by atoms with Crippen LogP contribution in [0.1, 0.15) is 51.5 Å². The highest BCUT2D eigenvalue weighted by molar-refractivity contribution is 5.90. The van der Waals surface area contributed by atoms with E-state index in [-0.39, 0.29) is 29.6 Å². The summed E-state index contributed by atoms with van der Waals surface area (Å²) in [6.45, 7) is 5.75. The summed E-state index contributed by atoms with van der Waals surface area (Å²) in [5, 5.41) is 5.90. The average Bonchev–Trinajstić information content (AvgIpc) is 3.50. The van der Waals surface area contributed by atoms with Crippen LogP contribution in [0.25, 0.3) is 0 Å². The molecule has 3 amide bonds. The lowest BCUT2D eigenvalue weighted by molar-refractivity contribution is -0.136. The quantitative estimate of drug-likeness (QED) is 0.757. The number of piperidine rings is 1. The molecule has 2 fully saturated rings. The predicted molar refractivity (Wildman–Crippen MR) is 108 cm³/mol. The lowest BCUT2D eigenvalue weighted by atomic mass is 9.96. The number of hydrogen-bond acceptors (Lipinski definition) is 3. The minimum Gasteiger partial charge on any atom is -0.352 e. The molecular weight excluding hydrogens is 354 g/mol. The van der Waals surface area contributed by atoms with Gasteiger partial charge in [0.05, 0.1) is 5.92 Å². The molecule has 28 heavy (non-hydrogen) atoms. The first kappa shape index (κ1) is 20.4. The van der Waals surface area contributed by atoms with Crippen molar-refractivity contribution >= 4 is 23.4 Å². The number of carbonyl (C=O) groups excluding carboxylic acids is 3. The summed E-state index contributed by atoms with van der Waals surface area (Å²) in [5.74, 6) is 0.605. The predicted octanol–water partition coefficient (Wildman–Crippen LogP) is 2.94. The van der Waals surface area contributed by atoms with Crippen LogP contribution in [-0.2, 0) is 20.9 Å². The second-order valence-electron chi connectivity index (χ2n) is 8.46. The third-order valence-corrected chi connectivity index (χ3v) is 5.30. The standard InChI is InChI=1S/C22H31N3O3/c1-15(2)11-20(26)24-19-7-3-5-16(12-19)13-23-21(27)18-6-4-10-25(14-18)22(28)17-8-9-17/h3,5,7,12,15,17-18H,4,6,8-11,13-14H2,1-2H3,(H,23,27)(H,24,26). The summed E-state index contributed by atoms with van der Waals surface area (Å²) < 4.78 is 0.